The molecule has 0 heterocycles. The molecule has 0 aromatic heterocycles. The molecule has 0 saturated carbocycles. The van der Waals surface area contributed by atoms with Gasteiger partial charge in [0, 0.05) is 6.54 Å². The summed E-state index contributed by atoms with van der Waals surface area (Å²) in [4.78, 5) is 0. The van der Waals surface area contributed by atoms with Gasteiger partial charge in [-0.2, -0.15) is 0 Å². The summed E-state index contributed by atoms with van der Waals surface area (Å²) in [5, 5.41) is 0. The number of halogens is 1. The Labute approximate surface area is 136 Å². The van der Waals surface area contributed by atoms with Gasteiger partial charge in [0.05, 0.1) is 5.75 Å². The summed E-state index contributed by atoms with van der Waals surface area (Å²) in [5.74, 6) is 0.139. The first kappa shape index (κ1) is 17.4. The van der Waals surface area contributed by atoms with Gasteiger partial charge in [-0.3, -0.25) is 0 Å². The lowest BCUT2D eigenvalue weighted by Gasteiger charge is -2.09. The SMILES string of the molecule is CCc1ccc(OCCNS(=O)(=O)Cc2ccc(F)cc2)cc1. The first-order valence-corrected chi connectivity index (χ1v) is 9.07. The summed E-state index contributed by atoms with van der Waals surface area (Å²) in [7, 11) is -3.47. The van der Waals surface area contributed by atoms with E-state index in [1.54, 1.807) is 0 Å². The van der Waals surface area contributed by atoms with Crippen LogP contribution in [0.2, 0.25) is 0 Å². The van der Waals surface area contributed by atoms with Crippen LogP contribution >= 0.6 is 0 Å². The molecule has 0 amide bonds. The maximum absolute atomic E-state index is 12.8. The molecule has 2 aromatic rings. The standard InChI is InChI=1S/C17H20FNO3S/c1-2-14-5-9-17(10-6-14)22-12-11-19-23(20,21)13-15-3-7-16(18)8-4-15/h3-10,19H,2,11-13H2,1H3. The van der Waals surface area contributed by atoms with Crippen molar-refractivity contribution in [1.29, 1.82) is 0 Å². The van der Waals surface area contributed by atoms with E-state index in [1.165, 1.54) is 29.8 Å². The highest BCUT2D eigenvalue weighted by Crippen LogP contribution is 2.12. The van der Waals surface area contributed by atoms with Crippen LogP contribution in [-0.4, -0.2) is 21.6 Å². The maximum atomic E-state index is 12.8. The van der Waals surface area contributed by atoms with Crippen molar-refractivity contribution in [3.8, 4) is 5.75 Å². The molecule has 0 aliphatic rings. The Hall–Kier alpha value is -1.92. The molecule has 0 unspecified atom stereocenters. The zero-order chi connectivity index (χ0) is 16.7. The molecule has 0 atom stereocenters. The van der Waals surface area contributed by atoms with E-state index in [0.29, 0.717) is 11.3 Å². The minimum atomic E-state index is -3.47. The molecular formula is C17H20FNO3S. The van der Waals surface area contributed by atoms with Crippen LogP contribution in [0.3, 0.4) is 0 Å². The third-order valence-electron chi connectivity index (χ3n) is 3.29. The fourth-order valence-electron chi connectivity index (χ4n) is 2.04. The Morgan fingerprint density at radius 1 is 1.00 bits per heavy atom. The highest BCUT2D eigenvalue weighted by Gasteiger charge is 2.11. The highest BCUT2D eigenvalue weighted by atomic mass is 32.2. The molecule has 0 saturated heterocycles. The predicted octanol–water partition coefficient (Wildman–Crippen LogP) is 2.89. The van der Waals surface area contributed by atoms with Crippen LogP contribution in [0.25, 0.3) is 0 Å². The lowest BCUT2D eigenvalue weighted by atomic mass is 10.2. The third kappa shape index (κ3) is 6.00. The van der Waals surface area contributed by atoms with Crippen molar-refractivity contribution in [1.82, 2.24) is 4.72 Å². The van der Waals surface area contributed by atoms with Crippen molar-refractivity contribution in [2.45, 2.75) is 19.1 Å². The van der Waals surface area contributed by atoms with Crippen molar-refractivity contribution in [3.05, 3.63) is 65.5 Å². The van der Waals surface area contributed by atoms with Crippen molar-refractivity contribution < 1.29 is 17.5 Å². The molecule has 0 aliphatic carbocycles. The quantitative estimate of drug-likeness (QED) is 0.754. The van der Waals surface area contributed by atoms with Crippen molar-refractivity contribution in [2.24, 2.45) is 0 Å². The van der Waals surface area contributed by atoms with Crippen LogP contribution < -0.4 is 9.46 Å². The molecule has 23 heavy (non-hydrogen) atoms. The second kappa shape index (κ2) is 8.08. The molecule has 0 fully saturated rings. The molecule has 2 aromatic carbocycles. The normalized spacial score (nSPS) is 11.4. The van der Waals surface area contributed by atoms with E-state index in [2.05, 4.69) is 11.6 Å². The average Bonchev–Trinajstić information content (AvgIpc) is 2.54. The van der Waals surface area contributed by atoms with Gasteiger partial charge >= 0.3 is 0 Å². The molecule has 2 rings (SSSR count). The van der Waals surface area contributed by atoms with E-state index >= 15 is 0 Å². The van der Waals surface area contributed by atoms with Crippen molar-refractivity contribution in [3.63, 3.8) is 0 Å². The van der Waals surface area contributed by atoms with Crippen molar-refractivity contribution in [2.75, 3.05) is 13.2 Å². The van der Waals surface area contributed by atoms with Crippen LogP contribution in [0.5, 0.6) is 5.75 Å². The second-order valence-corrected chi connectivity index (χ2v) is 6.93. The van der Waals surface area contributed by atoms with Crippen LogP contribution in [-0.2, 0) is 22.2 Å². The van der Waals surface area contributed by atoms with Gasteiger partial charge in [0.25, 0.3) is 0 Å². The molecule has 0 aliphatic heterocycles. The Morgan fingerprint density at radius 3 is 2.22 bits per heavy atom. The third-order valence-corrected chi connectivity index (χ3v) is 4.65. The smallest absolute Gasteiger partial charge is 0.215 e. The number of nitrogens with one attached hydrogen (secondary N) is 1. The second-order valence-electron chi connectivity index (χ2n) is 5.13. The lowest BCUT2D eigenvalue weighted by Crippen LogP contribution is -2.29. The van der Waals surface area contributed by atoms with Crippen molar-refractivity contribution >= 4 is 10.0 Å². The number of benzene rings is 2. The Bertz CT molecular complexity index is 713. The monoisotopic (exact) mass is 337 g/mol. The molecule has 124 valence electrons. The van der Waals surface area contributed by atoms with Gasteiger partial charge in [0.1, 0.15) is 18.2 Å². The largest absolute Gasteiger partial charge is 0.492 e. The van der Waals surface area contributed by atoms with Gasteiger partial charge in [-0.25, -0.2) is 17.5 Å². The number of ether oxygens (including phenoxy) is 1. The number of hydrogen-bond donors (Lipinski definition) is 1. The van der Waals surface area contributed by atoms with E-state index in [9.17, 15) is 12.8 Å². The highest BCUT2D eigenvalue weighted by molar-refractivity contribution is 7.88. The number of rotatable bonds is 8. The summed E-state index contributed by atoms with van der Waals surface area (Å²) in [6.45, 7) is 2.50. The van der Waals surface area contributed by atoms with Gasteiger partial charge in [-0.15, -0.1) is 0 Å². The van der Waals surface area contributed by atoms with Crippen LogP contribution in [0, 0.1) is 5.82 Å². The summed E-state index contributed by atoms with van der Waals surface area (Å²) in [5.41, 5.74) is 1.76. The average molecular weight is 337 g/mol. The lowest BCUT2D eigenvalue weighted by molar-refractivity contribution is 0.322. The number of aryl methyl sites for hydroxylation is 1. The number of sulfonamides is 1. The first-order chi connectivity index (χ1) is 11.0. The Morgan fingerprint density at radius 2 is 1.61 bits per heavy atom. The van der Waals surface area contributed by atoms with Gasteiger partial charge < -0.3 is 4.74 Å². The fraction of sp³-hybridized carbons (Fsp3) is 0.294. The van der Waals surface area contributed by atoms with Crippen LogP contribution in [0.15, 0.2) is 48.5 Å². The predicted molar refractivity (Wildman–Crippen MR) is 88.3 cm³/mol. The Kier molecular flexibility index (Phi) is 6.12. The van der Waals surface area contributed by atoms with Crippen LogP contribution in [0.1, 0.15) is 18.1 Å². The molecule has 0 spiro atoms. The van der Waals surface area contributed by atoms with Gasteiger partial charge in [0.15, 0.2) is 0 Å². The minimum absolute atomic E-state index is 0.180. The van der Waals surface area contributed by atoms with Gasteiger partial charge in [0.2, 0.25) is 10.0 Å². The molecule has 0 bridgehead atoms. The van der Waals surface area contributed by atoms with E-state index in [0.717, 1.165) is 6.42 Å². The molecule has 4 nitrogen and oxygen atoms in total. The van der Waals surface area contributed by atoms with Crippen LogP contribution in [0.4, 0.5) is 4.39 Å². The maximum Gasteiger partial charge on any atom is 0.215 e. The summed E-state index contributed by atoms with van der Waals surface area (Å²) in [6, 6.07) is 13.1. The first-order valence-electron chi connectivity index (χ1n) is 7.42. The summed E-state index contributed by atoms with van der Waals surface area (Å²) >= 11 is 0. The van der Waals surface area contributed by atoms with E-state index in [-0.39, 0.29) is 24.7 Å². The molecule has 6 heteroatoms. The van der Waals surface area contributed by atoms with Gasteiger partial charge in [-0.1, -0.05) is 31.2 Å². The molecule has 1 N–H and O–H groups in total. The summed E-state index contributed by atoms with van der Waals surface area (Å²) in [6.07, 6.45) is 0.962. The van der Waals surface area contributed by atoms with E-state index in [4.69, 9.17) is 4.74 Å². The van der Waals surface area contributed by atoms with E-state index < -0.39 is 10.0 Å². The Balaban J connectivity index is 1.76. The fourth-order valence-corrected chi connectivity index (χ4v) is 3.17. The van der Waals surface area contributed by atoms with Gasteiger partial charge in [-0.05, 0) is 41.8 Å². The number of hydrogen-bond acceptors (Lipinski definition) is 3. The molecular weight excluding hydrogens is 317 g/mol. The zero-order valence-electron chi connectivity index (χ0n) is 13.0. The minimum Gasteiger partial charge on any atom is -0.492 e. The van der Waals surface area contributed by atoms with E-state index in [1.807, 2.05) is 24.3 Å². The summed E-state index contributed by atoms with van der Waals surface area (Å²) < 4.78 is 44.6. The molecule has 0 radical (unpaired) electrons. The zero-order valence-corrected chi connectivity index (χ0v) is 13.8. The topological polar surface area (TPSA) is 55.4 Å².